The number of rotatable bonds is 3. The van der Waals surface area contributed by atoms with Crippen molar-refractivity contribution < 1.29 is 9.59 Å². The molecule has 0 N–H and O–H groups in total. The fraction of sp³-hybridized carbons (Fsp3) is 0.688. The van der Waals surface area contributed by atoms with Crippen molar-refractivity contribution in [1.82, 2.24) is 19.4 Å². The molecule has 2 amide bonds. The molecule has 6 heteroatoms. The lowest BCUT2D eigenvalue weighted by molar-refractivity contribution is -0.137. The van der Waals surface area contributed by atoms with Gasteiger partial charge in [0, 0.05) is 44.5 Å². The van der Waals surface area contributed by atoms with Gasteiger partial charge in [0.05, 0.1) is 18.3 Å². The molecule has 3 fully saturated rings. The molecule has 0 spiro atoms. The van der Waals surface area contributed by atoms with Crippen molar-refractivity contribution in [3.63, 3.8) is 0 Å². The second kappa shape index (κ2) is 5.41. The summed E-state index contributed by atoms with van der Waals surface area (Å²) in [6, 6.07) is 0.738. The fourth-order valence-corrected chi connectivity index (χ4v) is 3.78. The summed E-state index contributed by atoms with van der Waals surface area (Å²) in [6.07, 6.45) is 10.3. The molecule has 1 aromatic heterocycles. The third kappa shape index (κ3) is 2.51. The molecule has 1 aromatic rings. The van der Waals surface area contributed by atoms with Crippen LogP contribution in [-0.4, -0.2) is 56.8 Å². The van der Waals surface area contributed by atoms with Gasteiger partial charge in [-0.1, -0.05) is 0 Å². The highest BCUT2D eigenvalue weighted by atomic mass is 16.2. The molecule has 2 saturated heterocycles. The number of hydrogen-bond acceptors (Lipinski definition) is 3. The van der Waals surface area contributed by atoms with Crippen LogP contribution in [0.1, 0.15) is 38.1 Å². The molecule has 2 atom stereocenters. The van der Waals surface area contributed by atoms with Gasteiger partial charge in [0.1, 0.15) is 0 Å². The van der Waals surface area contributed by atoms with Gasteiger partial charge in [0.2, 0.25) is 11.8 Å². The van der Waals surface area contributed by atoms with Gasteiger partial charge in [0.25, 0.3) is 0 Å². The number of nitrogens with zero attached hydrogens (tertiary/aromatic N) is 4. The monoisotopic (exact) mass is 302 g/mol. The van der Waals surface area contributed by atoms with Crippen molar-refractivity contribution in [1.29, 1.82) is 0 Å². The zero-order valence-electron chi connectivity index (χ0n) is 12.7. The number of piperidine rings is 1. The molecule has 0 bridgehead atoms. The van der Waals surface area contributed by atoms with Crippen molar-refractivity contribution >= 4 is 11.8 Å². The van der Waals surface area contributed by atoms with Crippen LogP contribution < -0.4 is 0 Å². The zero-order chi connectivity index (χ0) is 15.1. The molecule has 6 nitrogen and oxygen atoms in total. The minimum atomic E-state index is -0.130. The first-order valence-corrected chi connectivity index (χ1v) is 8.28. The minimum Gasteiger partial charge on any atom is -0.340 e. The Kier molecular flexibility index (Phi) is 3.39. The highest BCUT2D eigenvalue weighted by Crippen LogP contribution is 2.33. The maximum Gasteiger partial charge on any atom is 0.228 e. The first-order valence-electron chi connectivity index (χ1n) is 8.28. The van der Waals surface area contributed by atoms with Gasteiger partial charge in [-0.2, -0.15) is 0 Å². The van der Waals surface area contributed by atoms with E-state index in [-0.39, 0.29) is 17.7 Å². The molecule has 4 rings (SSSR count). The maximum atomic E-state index is 12.8. The summed E-state index contributed by atoms with van der Waals surface area (Å²) in [5, 5.41) is 0. The van der Waals surface area contributed by atoms with E-state index in [1.807, 2.05) is 22.3 Å². The van der Waals surface area contributed by atoms with Gasteiger partial charge in [-0.25, -0.2) is 4.98 Å². The summed E-state index contributed by atoms with van der Waals surface area (Å²) < 4.78 is 2.09. The number of likely N-dealkylation sites (tertiary alicyclic amines) is 2. The Morgan fingerprint density at radius 1 is 1.18 bits per heavy atom. The SMILES string of the molecule is O=C(C1CC(=O)N(C2CC2)C1)N1CCCC(n2ccnc2)C1. The van der Waals surface area contributed by atoms with Crippen molar-refractivity contribution in [3.8, 4) is 0 Å². The summed E-state index contributed by atoms with van der Waals surface area (Å²) >= 11 is 0. The van der Waals surface area contributed by atoms with Crippen LogP contribution >= 0.6 is 0 Å². The first-order chi connectivity index (χ1) is 10.7. The summed E-state index contributed by atoms with van der Waals surface area (Å²) in [6.45, 7) is 2.19. The van der Waals surface area contributed by atoms with Gasteiger partial charge in [-0.3, -0.25) is 9.59 Å². The average Bonchev–Trinajstić information content (AvgIpc) is 3.09. The first kappa shape index (κ1) is 13.8. The van der Waals surface area contributed by atoms with Crippen LogP contribution in [0, 0.1) is 5.92 Å². The molecule has 2 unspecified atom stereocenters. The third-order valence-electron chi connectivity index (χ3n) is 5.15. The van der Waals surface area contributed by atoms with Crippen molar-refractivity contribution in [2.75, 3.05) is 19.6 Å². The van der Waals surface area contributed by atoms with Crippen LogP contribution in [0.25, 0.3) is 0 Å². The normalized spacial score (nSPS) is 29.2. The van der Waals surface area contributed by atoms with E-state index in [1.165, 1.54) is 0 Å². The lowest BCUT2D eigenvalue weighted by atomic mass is 10.0. The number of aromatic nitrogens is 2. The van der Waals surface area contributed by atoms with E-state index in [9.17, 15) is 9.59 Å². The van der Waals surface area contributed by atoms with E-state index in [4.69, 9.17) is 0 Å². The third-order valence-corrected chi connectivity index (χ3v) is 5.15. The van der Waals surface area contributed by atoms with Gasteiger partial charge in [-0.05, 0) is 25.7 Å². The van der Waals surface area contributed by atoms with Gasteiger partial charge >= 0.3 is 0 Å². The van der Waals surface area contributed by atoms with E-state index in [0.717, 1.165) is 38.8 Å². The zero-order valence-corrected chi connectivity index (χ0v) is 12.7. The van der Waals surface area contributed by atoms with Crippen LogP contribution in [0.15, 0.2) is 18.7 Å². The second-order valence-corrected chi connectivity index (χ2v) is 6.77. The number of amides is 2. The molecule has 1 aliphatic carbocycles. The Morgan fingerprint density at radius 2 is 2.05 bits per heavy atom. The summed E-state index contributed by atoms with van der Waals surface area (Å²) in [5.74, 6) is 0.208. The smallest absolute Gasteiger partial charge is 0.228 e. The maximum absolute atomic E-state index is 12.8. The van der Waals surface area contributed by atoms with Crippen LogP contribution in [0.4, 0.5) is 0 Å². The number of hydrogen-bond donors (Lipinski definition) is 0. The molecule has 2 aliphatic heterocycles. The quantitative estimate of drug-likeness (QED) is 0.839. The standard InChI is InChI=1S/C16H22N4O2/c21-15-8-12(9-20(15)13-3-4-13)16(22)18-6-1-2-14(10-18)19-7-5-17-11-19/h5,7,11-14H,1-4,6,8-10H2. The van der Waals surface area contributed by atoms with Gasteiger partial charge in [-0.15, -0.1) is 0 Å². The van der Waals surface area contributed by atoms with E-state index >= 15 is 0 Å². The Bertz CT molecular complexity index is 567. The van der Waals surface area contributed by atoms with Crippen molar-refractivity contribution in [2.45, 2.75) is 44.2 Å². The van der Waals surface area contributed by atoms with Crippen LogP contribution in [0.2, 0.25) is 0 Å². The number of imidazole rings is 1. The lowest BCUT2D eigenvalue weighted by Gasteiger charge is -2.34. The average molecular weight is 302 g/mol. The largest absolute Gasteiger partial charge is 0.340 e. The lowest BCUT2D eigenvalue weighted by Crippen LogP contribution is -2.44. The highest BCUT2D eigenvalue weighted by molar-refractivity contribution is 5.89. The molecule has 0 radical (unpaired) electrons. The predicted molar refractivity (Wildman–Crippen MR) is 79.9 cm³/mol. The van der Waals surface area contributed by atoms with E-state index in [0.29, 0.717) is 25.0 Å². The molecule has 0 aromatic carbocycles. The summed E-state index contributed by atoms with van der Waals surface area (Å²) in [4.78, 5) is 32.8. The fourth-order valence-electron chi connectivity index (χ4n) is 3.78. The Labute approximate surface area is 130 Å². The topological polar surface area (TPSA) is 58.4 Å². The summed E-state index contributed by atoms with van der Waals surface area (Å²) in [5.41, 5.74) is 0. The van der Waals surface area contributed by atoms with Crippen LogP contribution in [0.5, 0.6) is 0 Å². The van der Waals surface area contributed by atoms with Crippen molar-refractivity contribution in [2.24, 2.45) is 5.92 Å². The Hall–Kier alpha value is -1.85. The molecule has 3 aliphatic rings. The summed E-state index contributed by atoms with van der Waals surface area (Å²) in [7, 11) is 0. The molecule has 22 heavy (non-hydrogen) atoms. The Balaban J connectivity index is 1.41. The molecule has 3 heterocycles. The molecule has 118 valence electrons. The van der Waals surface area contributed by atoms with Crippen LogP contribution in [-0.2, 0) is 9.59 Å². The van der Waals surface area contributed by atoms with Gasteiger partial charge < -0.3 is 14.4 Å². The highest BCUT2D eigenvalue weighted by Gasteiger charge is 2.43. The molecular formula is C16H22N4O2. The van der Waals surface area contributed by atoms with Gasteiger partial charge in [0.15, 0.2) is 0 Å². The van der Waals surface area contributed by atoms with Crippen LogP contribution in [0.3, 0.4) is 0 Å². The van der Waals surface area contributed by atoms with E-state index in [1.54, 1.807) is 6.20 Å². The number of carbonyl (C=O) groups excluding carboxylic acids is 2. The Morgan fingerprint density at radius 3 is 2.77 bits per heavy atom. The molecule has 1 saturated carbocycles. The van der Waals surface area contributed by atoms with E-state index < -0.39 is 0 Å². The van der Waals surface area contributed by atoms with E-state index in [2.05, 4.69) is 9.55 Å². The van der Waals surface area contributed by atoms with Crippen molar-refractivity contribution in [3.05, 3.63) is 18.7 Å². The predicted octanol–water partition coefficient (Wildman–Crippen LogP) is 1.06. The second-order valence-electron chi connectivity index (χ2n) is 6.77. The minimum absolute atomic E-state index is 0.130. The molecular weight excluding hydrogens is 280 g/mol. The number of carbonyl (C=O) groups is 2.